The fourth-order valence-electron chi connectivity index (χ4n) is 5.79. The van der Waals surface area contributed by atoms with Crippen LogP contribution in [-0.4, -0.2) is 122 Å². The first-order valence-corrected chi connectivity index (χ1v) is 13.3. The molecule has 2 aliphatic heterocycles. The molecule has 2 saturated heterocycles. The topological polar surface area (TPSA) is 199 Å². The van der Waals surface area contributed by atoms with Crippen LogP contribution in [0.3, 0.4) is 0 Å². The van der Waals surface area contributed by atoms with Gasteiger partial charge in [-0.25, -0.2) is 0 Å². The highest BCUT2D eigenvalue weighted by atomic mass is 16.7. The van der Waals surface area contributed by atoms with E-state index < -0.39 is 74.6 Å². The number of aromatic hydroxyl groups is 1. The Labute approximate surface area is 227 Å². The monoisotopic (exact) mass is 558 g/mol. The molecule has 2 heterocycles. The molecule has 0 spiro atoms. The summed E-state index contributed by atoms with van der Waals surface area (Å²) < 4.78 is 22.5. The molecule has 11 atom stereocenters. The summed E-state index contributed by atoms with van der Waals surface area (Å²) >= 11 is 0. The van der Waals surface area contributed by atoms with Crippen LogP contribution in [-0.2, 0) is 31.8 Å². The normalized spacial score (nSPS) is 40.9. The Kier molecular flexibility index (Phi) is 9.26. The number of aliphatic hydroxyl groups is 7. The third-order valence-corrected chi connectivity index (χ3v) is 8.66. The standard InChI is InChI=1S/C27H42O12/c1-11-12(2)18(29)13(3)14-5-6-27(4,7-15(11)14)10-37-26-24(35)22(33)20(31)17(39-26)9-36-25-23(34)21(32)19(30)16(8-28)38-25/h16-17,19-26,28-35H,5-10H2,1-4H3/t16-,17-,19-,20-,21+,22+,23-,24-,25+,26+,27?/m1/s1. The predicted octanol–water partition coefficient (Wildman–Crippen LogP) is -1.55. The van der Waals surface area contributed by atoms with Gasteiger partial charge in [0.2, 0.25) is 0 Å². The second-order valence-corrected chi connectivity index (χ2v) is 11.5. The van der Waals surface area contributed by atoms with E-state index >= 15 is 0 Å². The highest BCUT2D eigenvalue weighted by molar-refractivity contribution is 5.54. The molecule has 39 heavy (non-hydrogen) atoms. The lowest BCUT2D eigenvalue weighted by molar-refractivity contribution is -0.333. The molecule has 1 aromatic carbocycles. The van der Waals surface area contributed by atoms with Crippen LogP contribution in [0.15, 0.2) is 0 Å². The van der Waals surface area contributed by atoms with Crippen molar-refractivity contribution in [1.29, 1.82) is 0 Å². The van der Waals surface area contributed by atoms with Crippen molar-refractivity contribution in [3.05, 3.63) is 27.8 Å². The fourth-order valence-corrected chi connectivity index (χ4v) is 5.79. The minimum atomic E-state index is -1.64. The van der Waals surface area contributed by atoms with Gasteiger partial charge in [-0.2, -0.15) is 0 Å². The minimum Gasteiger partial charge on any atom is -0.507 e. The van der Waals surface area contributed by atoms with Gasteiger partial charge in [-0.05, 0) is 73.3 Å². The van der Waals surface area contributed by atoms with Gasteiger partial charge in [0.15, 0.2) is 12.6 Å². The molecule has 222 valence electrons. The van der Waals surface area contributed by atoms with Crippen molar-refractivity contribution in [2.45, 2.75) is 108 Å². The van der Waals surface area contributed by atoms with Crippen LogP contribution < -0.4 is 0 Å². The van der Waals surface area contributed by atoms with Crippen molar-refractivity contribution in [3.63, 3.8) is 0 Å². The molecule has 1 unspecified atom stereocenters. The molecule has 1 aliphatic carbocycles. The Hall–Kier alpha value is -1.42. The van der Waals surface area contributed by atoms with Crippen LogP contribution in [0, 0.1) is 26.2 Å². The lowest BCUT2D eigenvalue weighted by Gasteiger charge is -2.44. The maximum atomic E-state index is 10.6. The number of rotatable bonds is 7. The Balaban J connectivity index is 1.40. The van der Waals surface area contributed by atoms with Crippen LogP contribution in [0.25, 0.3) is 0 Å². The number of hydrogen-bond donors (Lipinski definition) is 8. The van der Waals surface area contributed by atoms with Gasteiger partial charge in [-0.3, -0.25) is 0 Å². The lowest BCUT2D eigenvalue weighted by Crippen LogP contribution is -2.62. The predicted molar refractivity (Wildman–Crippen MR) is 135 cm³/mol. The molecule has 12 heteroatoms. The van der Waals surface area contributed by atoms with E-state index in [9.17, 15) is 40.9 Å². The van der Waals surface area contributed by atoms with E-state index in [1.54, 1.807) is 0 Å². The summed E-state index contributed by atoms with van der Waals surface area (Å²) in [7, 11) is 0. The van der Waals surface area contributed by atoms with Gasteiger partial charge >= 0.3 is 0 Å². The number of hydrogen-bond acceptors (Lipinski definition) is 12. The van der Waals surface area contributed by atoms with E-state index in [-0.39, 0.29) is 12.0 Å². The summed E-state index contributed by atoms with van der Waals surface area (Å²) in [5, 5.41) is 81.4. The number of fused-ring (bicyclic) bond motifs is 1. The number of phenolic OH excluding ortho intramolecular Hbond substituents is 1. The molecule has 0 bridgehead atoms. The first kappa shape index (κ1) is 30.5. The Morgan fingerprint density at radius 3 is 1.92 bits per heavy atom. The van der Waals surface area contributed by atoms with Gasteiger partial charge < -0.3 is 59.8 Å². The molecule has 8 N–H and O–H groups in total. The molecule has 1 aromatic rings. The molecule has 3 aliphatic rings. The summed E-state index contributed by atoms with van der Waals surface area (Å²) in [6, 6.07) is 0. The Morgan fingerprint density at radius 2 is 1.31 bits per heavy atom. The molecule has 0 amide bonds. The average molecular weight is 559 g/mol. The number of ether oxygens (including phenoxy) is 4. The first-order valence-electron chi connectivity index (χ1n) is 13.3. The van der Waals surface area contributed by atoms with Gasteiger partial charge in [0.25, 0.3) is 0 Å². The third kappa shape index (κ3) is 5.84. The van der Waals surface area contributed by atoms with Crippen LogP contribution in [0.5, 0.6) is 5.75 Å². The van der Waals surface area contributed by atoms with Gasteiger partial charge in [-0.1, -0.05) is 6.92 Å². The van der Waals surface area contributed by atoms with Crippen molar-refractivity contribution in [1.82, 2.24) is 0 Å². The van der Waals surface area contributed by atoms with Crippen LogP contribution >= 0.6 is 0 Å². The molecular formula is C27H42O12. The van der Waals surface area contributed by atoms with Gasteiger partial charge in [0.05, 0.1) is 19.8 Å². The van der Waals surface area contributed by atoms with E-state index in [1.165, 1.54) is 5.56 Å². The van der Waals surface area contributed by atoms with E-state index in [0.29, 0.717) is 12.2 Å². The summed E-state index contributed by atoms with van der Waals surface area (Å²) in [5.74, 6) is 0.328. The Bertz CT molecular complexity index is 1020. The molecule has 0 radical (unpaired) electrons. The zero-order chi connectivity index (χ0) is 28.8. The molecule has 0 saturated carbocycles. The lowest BCUT2D eigenvalue weighted by atomic mass is 9.70. The van der Waals surface area contributed by atoms with Crippen molar-refractivity contribution in [2.75, 3.05) is 19.8 Å². The second kappa shape index (κ2) is 11.8. The fraction of sp³-hybridized carbons (Fsp3) is 0.778. The third-order valence-electron chi connectivity index (χ3n) is 8.66. The number of phenols is 1. The van der Waals surface area contributed by atoms with Crippen LogP contribution in [0.2, 0.25) is 0 Å². The maximum absolute atomic E-state index is 10.6. The van der Waals surface area contributed by atoms with Gasteiger partial charge in [0.1, 0.15) is 54.6 Å². The van der Waals surface area contributed by atoms with E-state index in [1.807, 2.05) is 20.8 Å². The van der Waals surface area contributed by atoms with E-state index in [4.69, 9.17) is 18.9 Å². The molecule has 12 nitrogen and oxygen atoms in total. The number of benzene rings is 1. The van der Waals surface area contributed by atoms with E-state index in [0.717, 1.165) is 35.1 Å². The smallest absolute Gasteiger partial charge is 0.186 e. The van der Waals surface area contributed by atoms with Crippen LogP contribution in [0.1, 0.15) is 41.2 Å². The largest absolute Gasteiger partial charge is 0.507 e. The summed E-state index contributed by atoms with van der Waals surface area (Å²) in [5.41, 5.74) is 4.78. The SMILES string of the molecule is Cc1c(C)c2c(c(C)c1O)CCC(C)(CO[C@H]1O[C@H](CO[C@H]3O[C@H](CO)[C@@H](O)[C@H](O)[C@H]3O)[C@@H](O)[C@H](O)[C@H]1O)C2. The molecule has 4 rings (SSSR count). The highest BCUT2D eigenvalue weighted by Crippen LogP contribution is 2.42. The second-order valence-electron chi connectivity index (χ2n) is 11.5. The summed E-state index contributed by atoms with van der Waals surface area (Å²) in [4.78, 5) is 0. The van der Waals surface area contributed by atoms with Crippen molar-refractivity contribution < 1.29 is 59.8 Å². The zero-order valence-corrected chi connectivity index (χ0v) is 22.7. The van der Waals surface area contributed by atoms with Gasteiger partial charge in [-0.15, -0.1) is 0 Å². The van der Waals surface area contributed by atoms with Gasteiger partial charge in [0, 0.05) is 0 Å². The number of aliphatic hydroxyl groups excluding tert-OH is 7. The quantitative estimate of drug-likeness (QED) is 0.192. The van der Waals surface area contributed by atoms with Crippen molar-refractivity contribution in [2.24, 2.45) is 5.41 Å². The first-order chi connectivity index (χ1) is 18.3. The zero-order valence-electron chi connectivity index (χ0n) is 22.7. The van der Waals surface area contributed by atoms with Crippen LogP contribution in [0.4, 0.5) is 0 Å². The van der Waals surface area contributed by atoms with E-state index in [2.05, 4.69) is 6.92 Å². The minimum absolute atomic E-state index is 0.190. The molecular weight excluding hydrogens is 516 g/mol. The average Bonchev–Trinajstić information content (AvgIpc) is 2.92. The summed E-state index contributed by atoms with van der Waals surface area (Å²) in [6.45, 7) is 7.02. The maximum Gasteiger partial charge on any atom is 0.186 e. The Morgan fingerprint density at radius 1 is 0.744 bits per heavy atom. The molecule has 2 fully saturated rings. The summed E-state index contributed by atoms with van der Waals surface area (Å²) in [6.07, 6.45) is -12.4. The van der Waals surface area contributed by atoms with Crippen molar-refractivity contribution in [3.8, 4) is 5.75 Å². The van der Waals surface area contributed by atoms with Crippen molar-refractivity contribution >= 4 is 0 Å². The molecule has 0 aromatic heterocycles. The highest BCUT2D eigenvalue weighted by Gasteiger charge is 2.48.